The summed E-state index contributed by atoms with van der Waals surface area (Å²) in [5, 5.41) is 4.43. The van der Waals surface area contributed by atoms with Crippen molar-refractivity contribution in [3.63, 3.8) is 0 Å². The topological polar surface area (TPSA) is 15.3 Å². The smallest absolute Gasteiger partial charge is 0.0471 e. The molecule has 0 radical (unpaired) electrons. The Balaban J connectivity index is 2.18. The van der Waals surface area contributed by atoms with E-state index in [1.165, 1.54) is 36.9 Å². The average Bonchev–Trinajstić information content (AvgIpc) is 2.96. The largest absolute Gasteiger partial charge is 0.369 e. The van der Waals surface area contributed by atoms with Crippen molar-refractivity contribution in [2.45, 2.75) is 59.0 Å². The lowest BCUT2D eigenvalue weighted by Gasteiger charge is -2.32. The highest BCUT2D eigenvalue weighted by Gasteiger charge is 2.23. The van der Waals surface area contributed by atoms with E-state index in [0.29, 0.717) is 12.0 Å². The molecule has 1 saturated carbocycles. The number of nitrogens with zero attached hydrogens (tertiary/aromatic N) is 1. The third-order valence-corrected chi connectivity index (χ3v) is 4.72. The molecule has 3 heteroatoms. The van der Waals surface area contributed by atoms with Gasteiger partial charge in [0.2, 0.25) is 0 Å². The van der Waals surface area contributed by atoms with Crippen LogP contribution in [0.2, 0.25) is 5.02 Å². The highest BCUT2D eigenvalue weighted by Crippen LogP contribution is 2.33. The maximum Gasteiger partial charge on any atom is 0.0471 e. The molecule has 1 fully saturated rings. The first-order valence-corrected chi connectivity index (χ1v) is 8.76. The molecule has 0 heterocycles. The van der Waals surface area contributed by atoms with Crippen LogP contribution in [0.25, 0.3) is 0 Å². The molecule has 118 valence electrons. The molecule has 2 nitrogen and oxygen atoms in total. The molecule has 1 N–H and O–H groups in total. The van der Waals surface area contributed by atoms with Gasteiger partial charge in [0.05, 0.1) is 0 Å². The summed E-state index contributed by atoms with van der Waals surface area (Å²) in [5.41, 5.74) is 2.58. The Morgan fingerprint density at radius 3 is 2.62 bits per heavy atom. The second kappa shape index (κ2) is 8.05. The Hall–Kier alpha value is -0.730. The van der Waals surface area contributed by atoms with Gasteiger partial charge in [-0.05, 0) is 44.4 Å². The molecule has 1 aromatic rings. The molecular weight excluding hydrogens is 280 g/mol. The van der Waals surface area contributed by atoms with E-state index in [9.17, 15) is 0 Å². The standard InChI is InChI=1S/C18H29ClN2/c1-4-21(15-8-5-6-9-15)18-11-7-10-17(19)16(18)13-20-12-14(2)3/h7,10-11,14-15,20H,4-6,8-9,12-13H2,1-3H3. The van der Waals surface area contributed by atoms with E-state index in [0.717, 1.165) is 24.7 Å². The van der Waals surface area contributed by atoms with Gasteiger partial charge in [-0.25, -0.2) is 0 Å². The molecule has 0 saturated heterocycles. The second-order valence-corrected chi connectivity index (χ2v) is 6.89. The number of rotatable bonds is 7. The summed E-state index contributed by atoms with van der Waals surface area (Å²) in [6.07, 6.45) is 5.36. The van der Waals surface area contributed by atoms with Gasteiger partial charge in [0.25, 0.3) is 0 Å². The fraction of sp³-hybridized carbons (Fsp3) is 0.667. The van der Waals surface area contributed by atoms with Crippen LogP contribution in [-0.2, 0) is 6.54 Å². The molecule has 0 aliphatic heterocycles. The summed E-state index contributed by atoms with van der Waals surface area (Å²) in [7, 11) is 0. The fourth-order valence-corrected chi connectivity index (χ4v) is 3.55. The first-order chi connectivity index (χ1) is 10.1. The van der Waals surface area contributed by atoms with Gasteiger partial charge in [-0.2, -0.15) is 0 Å². The van der Waals surface area contributed by atoms with Crippen molar-refractivity contribution >= 4 is 17.3 Å². The Kier molecular flexibility index (Phi) is 6.38. The van der Waals surface area contributed by atoms with Gasteiger partial charge in [-0.3, -0.25) is 0 Å². The monoisotopic (exact) mass is 308 g/mol. The van der Waals surface area contributed by atoms with E-state index in [-0.39, 0.29) is 0 Å². The third kappa shape index (κ3) is 4.37. The zero-order valence-electron chi connectivity index (χ0n) is 13.7. The van der Waals surface area contributed by atoms with Crippen LogP contribution < -0.4 is 10.2 Å². The quantitative estimate of drug-likeness (QED) is 0.774. The number of hydrogen-bond donors (Lipinski definition) is 1. The molecule has 2 rings (SSSR count). The number of nitrogens with one attached hydrogen (secondary N) is 1. The minimum absolute atomic E-state index is 0.660. The van der Waals surface area contributed by atoms with Crippen LogP contribution in [0.3, 0.4) is 0 Å². The van der Waals surface area contributed by atoms with Gasteiger partial charge >= 0.3 is 0 Å². The highest BCUT2D eigenvalue weighted by atomic mass is 35.5. The van der Waals surface area contributed by atoms with Crippen LogP contribution in [-0.4, -0.2) is 19.1 Å². The predicted molar refractivity (Wildman–Crippen MR) is 93.3 cm³/mol. The van der Waals surface area contributed by atoms with Crippen LogP contribution in [0.15, 0.2) is 18.2 Å². The maximum absolute atomic E-state index is 6.49. The molecule has 0 unspecified atom stereocenters. The Morgan fingerprint density at radius 2 is 2.00 bits per heavy atom. The molecule has 0 bridgehead atoms. The van der Waals surface area contributed by atoms with Gasteiger partial charge in [-0.15, -0.1) is 0 Å². The van der Waals surface area contributed by atoms with E-state index in [1.807, 2.05) is 6.07 Å². The number of anilines is 1. The van der Waals surface area contributed by atoms with Gasteiger partial charge in [-0.1, -0.05) is 44.4 Å². The summed E-state index contributed by atoms with van der Waals surface area (Å²) in [6.45, 7) is 9.66. The maximum atomic E-state index is 6.49. The van der Waals surface area contributed by atoms with Crippen molar-refractivity contribution in [1.82, 2.24) is 5.32 Å². The lowest BCUT2D eigenvalue weighted by molar-refractivity contribution is 0.550. The normalized spacial score (nSPS) is 15.9. The van der Waals surface area contributed by atoms with Crippen LogP contribution in [0.1, 0.15) is 52.0 Å². The summed E-state index contributed by atoms with van der Waals surface area (Å²) < 4.78 is 0. The predicted octanol–water partition coefficient (Wildman–Crippen LogP) is 4.85. The van der Waals surface area contributed by atoms with Crippen molar-refractivity contribution in [3.05, 3.63) is 28.8 Å². The molecule has 21 heavy (non-hydrogen) atoms. The van der Waals surface area contributed by atoms with Gasteiger partial charge in [0.1, 0.15) is 0 Å². The van der Waals surface area contributed by atoms with Crippen LogP contribution in [0.4, 0.5) is 5.69 Å². The van der Waals surface area contributed by atoms with Crippen molar-refractivity contribution in [1.29, 1.82) is 0 Å². The first kappa shape index (κ1) is 16.6. The molecule has 0 spiro atoms. The zero-order valence-corrected chi connectivity index (χ0v) is 14.4. The van der Waals surface area contributed by atoms with Crippen molar-refractivity contribution in [3.8, 4) is 0 Å². The van der Waals surface area contributed by atoms with Crippen LogP contribution in [0.5, 0.6) is 0 Å². The van der Waals surface area contributed by atoms with Gasteiger partial charge in [0.15, 0.2) is 0 Å². The third-order valence-electron chi connectivity index (χ3n) is 4.36. The lowest BCUT2D eigenvalue weighted by atomic mass is 10.1. The van der Waals surface area contributed by atoms with Gasteiger partial charge < -0.3 is 10.2 Å². The minimum atomic E-state index is 0.660. The minimum Gasteiger partial charge on any atom is -0.369 e. The van der Waals surface area contributed by atoms with Crippen molar-refractivity contribution < 1.29 is 0 Å². The highest BCUT2D eigenvalue weighted by molar-refractivity contribution is 6.31. The fourth-order valence-electron chi connectivity index (χ4n) is 3.32. The molecule has 1 aliphatic rings. The van der Waals surface area contributed by atoms with E-state index in [1.54, 1.807) is 0 Å². The zero-order chi connectivity index (χ0) is 15.2. The molecular formula is C18H29ClN2. The summed E-state index contributed by atoms with van der Waals surface area (Å²) >= 11 is 6.49. The molecule has 1 aromatic carbocycles. The Labute approximate surface area is 134 Å². The van der Waals surface area contributed by atoms with Crippen molar-refractivity contribution in [2.24, 2.45) is 5.92 Å². The number of benzene rings is 1. The van der Waals surface area contributed by atoms with E-state index in [4.69, 9.17) is 11.6 Å². The van der Waals surface area contributed by atoms with Crippen molar-refractivity contribution in [2.75, 3.05) is 18.0 Å². The summed E-state index contributed by atoms with van der Waals surface area (Å²) in [4.78, 5) is 2.56. The number of hydrogen-bond acceptors (Lipinski definition) is 2. The summed E-state index contributed by atoms with van der Waals surface area (Å²) in [5.74, 6) is 0.660. The molecule has 1 aliphatic carbocycles. The van der Waals surface area contributed by atoms with Crippen LogP contribution in [0, 0.1) is 5.92 Å². The Morgan fingerprint density at radius 1 is 1.29 bits per heavy atom. The SMILES string of the molecule is CCN(c1cccc(Cl)c1CNCC(C)C)C1CCCC1. The Bertz CT molecular complexity index is 439. The van der Waals surface area contributed by atoms with E-state index in [2.05, 4.69) is 43.1 Å². The van der Waals surface area contributed by atoms with Crippen LogP contribution >= 0.6 is 11.6 Å². The number of halogens is 1. The van der Waals surface area contributed by atoms with E-state index >= 15 is 0 Å². The molecule has 0 atom stereocenters. The average molecular weight is 309 g/mol. The molecule has 0 amide bonds. The lowest BCUT2D eigenvalue weighted by Crippen LogP contribution is -2.34. The van der Waals surface area contributed by atoms with Gasteiger partial charge in [0, 0.05) is 35.4 Å². The first-order valence-electron chi connectivity index (χ1n) is 8.38. The van der Waals surface area contributed by atoms with E-state index < -0.39 is 0 Å². The second-order valence-electron chi connectivity index (χ2n) is 6.49. The molecule has 0 aromatic heterocycles. The summed E-state index contributed by atoms with van der Waals surface area (Å²) in [6, 6.07) is 7.03.